The van der Waals surface area contributed by atoms with Crippen LogP contribution in [0.25, 0.3) is 0 Å². The molecule has 0 unspecified atom stereocenters. The summed E-state index contributed by atoms with van der Waals surface area (Å²) in [7, 11) is 0. The number of anilines is 1. The molecule has 94 valence electrons. The first-order valence-electron chi connectivity index (χ1n) is 5.50. The average molecular weight is 329 g/mol. The molecule has 4 heteroatoms. The van der Waals surface area contributed by atoms with Gasteiger partial charge >= 0.3 is 0 Å². The maximum Gasteiger partial charge on any atom is 0.123 e. The van der Waals surface area contributed by atoms with Crippen molar-refractivity contribution in [3.05, 3.63) is 62.8 Å². The quantitative estimate of drug-likeness (QED) is 0.820. The van der Waals surface area contributed by atoms with Crippen LogP contribution in [-0.4, -0.2) is 0 Å². The van der Waals surface area contributed by atoms with Crippen LogP contribution in [0.1, 0.15) is 11.1 Å². The predicted octanol–water partition coefficient (Wildman–Crippen LogP) is 5.16. The largest absolute Gasteiger partial charge is 0.381 e. The van der Waals surface area contributed by atoms with Gasteiger partial charge in [0.25, 0.3) is 0 Å². The van der Waals surface area contributed by atoms with Gasteiger partial charge in [0, 0.05) is 16.7 Å². The van der Waals surface area contributed by atoms with Gasteiger partial charge < -0.3 is 5.32 Å². The van der Waals surface area contributed by atoms with Crippen molar-refractivity contribution < 1.29 is 4.39 Å². The first-order valence-corrected chi connectivity index (χ1v) is 6.67. The van der Waals surface area contributed by atoms with E-state index in [0.29, 0.717) is 11.6 Å². The molecule has 0 amide bonds. The minimum absolute atomic E-state index is 0.213. The van der Waals surface area contributed by atoms with E-state index in [4.69, 9.17) is 11.6 Å². The van der Waals surface area contributed by atoms with Gasteiger partial charge in [0.2, 0.25) is 0 Å². The second-order valence-corrected chi connectivity index (χ2v) is 5.31. The fourth-order valence-electron chi connectivity index (χ4n) is 1.63. The summed E-state index contributed by atoms with van der Waals surface area (Å²) in [5.41, 5.74) is 2.95. The summed E-state index contributed by atoms with van der Waals surface area (Å²) in [5.74, 6) is -0.213. The topological polar surface area (TPSA) is 12.0 Å². The van der Waals surface area contributed by atoms with E-state index in [2.05, 4.69) is 21.2 Å². The lowest BCUT2D eigenvalue weighted by atomic mass is 10.1. The summed E-state index contributed by atoms with van der Waals surface area (Å²) >= 11 is 9.29. The Morgan fingerprint density at radius 2 is 2.00 bits per heavy atom. The molecule has 1 nitrogen and oxygen atoms in total. The molecular formula is C14H12BrClFN. The molecule has 2 aromatic rings. The van der Waals surface area contributed by atoms with Crippen molar-refractivity contribution in [1.82, 2.24) is 0 Å². The standard InChI is InChI=1S/C14H12BrClFN/c1-9-2-3-11(17)6-10(9)8-18-12-4-5-14(16)13(15)7-12/h2-7,18H,8H2,1H3. The zero-order chi connectivity index (χ0) is 13.1. The monoisotopic (exact) mass is 327 g/mol. The molecule has 0 saturated heterocycles. The Labute approximate surface area is 119 Å². The highest BCUT2D eigenvalue weighted by atomic mass is 79.9. The molecule has 2 aromatic carbocycles. The van der Waals surface area contributed by atoms with Crippen LogP contribution >= 0.6 is 27.5 Å². The maximum atomic E-state index is 13.1. The second-order valence-electron chi connectivity index (χ2n) is 4.05. The Bertz CT molecular complexity index is 572. The summed E-state index contributed by atoms with van der Waals surface area (Å²) in [6.07, 6.45) is 0. The van der Waals surface area contributed by atoms with E-state index in [1.807, 2.05) is 25.1 Å². The minimum Gasteiger partial charge on any atom is -0.381 e. The minimum atomic E-state index is -0.213. The summed E-state index contributed by atoms with van der Waals surface area (Å²) in [5, 5.41) is 3.91. The van der Waals surface area contributed by atoms with Crippen LogP contribution in [0.3, 0.4) is 0 Å². The summed E-state index contributed by atoms with van der Waals surface area (Å²) < 4.78 is 14.0. The van der Waals surface area contributed by atoms with E-state index in [9.17, 15) is 4.39 Å². The molecule has 2 rings (SSSR count). The fourth-order valence-corrected chi connectivity index (χ4v) is 2.13. The number of nitrogens with one attached hydrogen (secondary N) is 1. The highest BCUT2D eigenvalue weighted by molar-refractivity contribution is 9.10. The molecule has 0 saturated carbocycles. The van der Waals surface area contributed by atoms with Crippen molar-refractivity contribution in [2.24, 2.45) is 0 Å². The van der Waals surface area contributed by atoms with Crippen molar-refractivity contribution >= 4 is 33.2 Å². The molecule has 0 fully saturated rings. The van der Waals surface area contributed by atoms with E-state index in [1.165, 1.54) is 6.07 Å². The predicted molar refractivity (Wildman–Crippen MR) is 77.6 cm³/mol. The van der Waals surface area contributed by atoms with Crippen molar-refractivity contribution in [2.45, 2.75) is 13.5 Å². The van der Waals surface area contributed by atoms with E-state index < -0.39 is 0 Å². The van der Waals surface area contributed by atoms with E-state index in [0.717, 1.165) is 21.3 Å². The smallest absolute Gasteiger partial charge is 0.123 e. The highest BCUT2D eigenvalue weighted by Crippen LogP contribution is 2.26. The van der Waals surface area contributed by atoms with Crippen LogP contribution in [0.15, 0.2) is 40.9 Å². The zero-order valence-corrected chi connectivity index (χ0v) is 12.1. The number of halogens is 3. The number of rotatable bonds is 3. The molecule has 0 spiro atoms. The van der Waals surface area contributed by atoms with Crippen LogP contribution in [0.4, 0.5) is 10.1 Å². The fraction of sp³-hybridized carbons (Fsp3) is 0.143. The van der Waals surface area contributed by atoms with Gasteiger partial charge in [-0.2, -0.15) is 0 Å². The van der Waals surface area contributed by atoms with Gasteiger partial charge in [0.15, 0.2) is 0 Å². The average Bonchev–Trinajstić information content (AvgIpc) is 2.34. The molecule has 0 aliphatic carbocycles. The molecule has 0 aliphatic rings. The van der Waals surface area contributed by atoms with Crippen LogP contribution in [-0.2, 0) is 6.54 Å². The van der Waals surface area contributed by atoms with E-state index in [1.54, 1.807) is 12.1 Å². The van der Waals surface area contributed by atoms with Crippen molar-refractivity contribution in [1.29, 1.82) is 0 Å². The number of benzene rings is 2. The molecule has 1 N–H and O–H groups in total. The number of hydrogen-bond donors (Lipinski definition) is 1. The molecule has 0 heterocycles. The molecule has 0 radical (unpaired) electrons. The Morgan fingerprint density at radius 3 is 2.72 bits per heavy atom. The van der Waals surface area contributed by atoms with Gasteiger partial charge in [-0.1, -0.05) is 17.7 Å². The molecule has 0 bridgehead atoms. The zero-order valence-electron chi connectivity index (χ0n) is 9.81. The third-order valence-electron chi connectivity index (χ3n) is 2.71. The van der Waals surface area contributed by atoms with Crippen molar-refractivity contribution in [3.63, 3.8) is 0 Å². The lowest BCUT2D eigenvalue weighted by Crippen LogP contribution is -2.01. The van der Waals surface area contributed by atoms with Crippen LogP contribution in [0, 0.1) is 12.7 Å². The van der Waals surface area contributed by atoms with E-state index in [-0.39, 0.29) is 5.82 Å². The van der Waals surface area contributed by atoms with Crippen LogP contribution in [0.5, 0.6) is 0 Å². The van der Waals surface area contributed by atoms with Gasteiger partial charge in [-0.25, -0.2) is 4.39 Å². The van der Waals surface area contributed by atoms with Gasteiger partial charge in [-0.05, 0) is 64.3 Å². The Kier molecular flexibility index (Phi) is 4.25. The van der Waals surface area contributed by atoms with Gasteiger partial charge in [0.1, 0.15) is 5.82 Å². The Balaban J connectivity index is 2.11. The van der Waals surface area contributed by atoms with Crippen LogP contribution in [0.2, 0.25) is 5.02 Å². The Hall–Kier alpha value is -1.06. The third kappa shape index (κ3) is 3.24. The summed E-state index contributed by atoms with van der Waals surface area (Å²) in [6.45, 7) is 2.55. The lowest BCUT2D eigenvalue weighted by molar-refractivity contribution is 0.625. The normalized spacial score (nSPS) is 10.4. The van der Waals surface area contributed by atoms with Crippen molar-refractivity contribution in [3.8, 4) is 0 Å². The molecule has 0 atom stereocenters. The van der Waals surface area contributed by atoms with Gasteiger partial charge in [0.05, 0.1) is 5.02 Å². The van der Waals surface area contributed by atoms with Gasteiger partial charge in [-0.3, -0.25) is 0 Å². The first kappa shape index (κ1) is 13.4. The first-order chi connectivity index (χ1) is 8.56. The van der Waals surface area contributed by atoms with Crippen LogP contribution < -0.4 is 5.32 Å². The lowest BCUT2D eigenvalue weighted by Gasteiger charge is -2.10. The molecular weight excluding hydrogens is 317 g/mol. The van der Waals surface area contributed by atoms with Gasteiger partial charge in [-0.15, -0.1) is 0 Å². The molecule has 18 heavy (non-hydrogen) atoms. The maximum absolute atomic E-state index is 13.1. The third-order valence-corrected chi connectivity index (χ3v) is 3.93. The summed E-state index contributed by atoms with van der Waals surface area (Å²) in [4.78, 5) is 0. The molecule has 0 aromatic heterocycles. The summed E-state index contributed by atoms with van der Waals surface area (Å²) in [6, 6.07) is 10.4. The molecule has 0 aliphatic heterocycles. The number of hydrogen-bond acceptors (Lipinski definition) is 1. The second kappa shape index (κ2) is 5.72. The Morgan fingerprint density at radius 1 is 1.22 bits per heavy atom. The SMILES string of the molecule is Cc1ccc(F)cc1CNc1ccc(Cl)c(Br)c1. The van der Waals surface area contributed by atoms with E-state index >= 15 is 0 Å². The van der Waals surface area contributed by atoms with Crippen molar-refractivity contribution in [2.75, 3.05) is 5.32 Å². The highest BCUT2D eigenvalue weighted by Gasteiger charge is 2.02. The number of aryl methyl sites for hydroxylation is 1.